The molecule has 0 aromatic heterocycles. The van der Waals surface area contributed by atoms with Crippen LogP contribution in [0.1, 0.15) is 42.3 Å². The molecular weight excluding hydrogens is 260 g/mol. The van der Waals surface area contributed by atoms with E-state index in [4.69, 9.17) is 5.73 Å². The molecule has 3 N–H and O–H groups in total. The molecule has 3 nitrogen and oxygen atoms in total. The fourth-order valence-electron chi connectivity index (χ4n) is 2.19. The smallest absolute Gasteiger partial charge is 0.255 e. The summed E-state index contributed by atoms with van der Waals surface area (Å²) in [6, 6.07) is 13.3. The van der Waals surface area contributed by atoms with Crippen molar-refractivity contribution in [1.82, 2.24) is 0 Å². The number of anilines is 2. The standard InChI is InChI=1S/C18H22N2O/c1-12-11-14(19)7-10-16(12)17(21)20-15-8-5-13(6-9-15)18(2,3)4/h5-11H,19H2,1-4H3,(H,20,21). The third-order valence-electron chi connectivity index (χ3n) is 3.50. The van der Waals surface area contributed by atoms with Crippen molar-refractivity contribution >= 4 is 17.3 Å². The molecule has 0 aliphatic rings. The number of benzene rings is 2. The van der Waals surface area contributed by atoms with Crippen LogP contribution < -0.4 is 11.1 Å². The van der Waals surface area contributed by atoms with E-state index in [2.05, 4.69) is 26.1 Å². The first-order valence-electron chi connectivity index (χ1n) is 7.05. The molecule has 0 spiro atoms. The summed E-state index contributed by atoms with van der Waals surface area (Å²) in [5.74, 6) is -0.115. The molecule has 110 valence electrons. The van der Waals surface area contributed by atoms with E-state index in [0.29, 0.717) is 11.3 Å². The van der Waals surface area contributed by atoms with Crippen molar-refractivity contribution in [2.75, 3.05) is 11.1 Å². The Kier molecular flexibility index (Phi) is 4.03. The molecule has 0 saturated heterocycles. The SMILES string of the molecule is Cc1cc(N)ccc1C(=O)Nc1ccc(C(C)(C)C)cc1. The maximum Gasteiger partial charge on any atom is 0.255 e. The summed E-state index contributed by atoms with van der Waals surface area (Å²) in [5, 5.41) is 2.92. The number of hydrogen-bond acceptors (Lipinski definition) is 2. The number of amides is 1. The van der Waals surface area contributed by atoms with Crippen LogP contribution in [0, 0.1) is 6.92 Å². The number of carbonyl (C=O) groups is 1. The van der Waals surface area contributed by atoms with Gasteiger partial charge in [-0.25, -0.2) is 0 Å². The maximum atomic E-state index is 12.3. The minimum Gasteiger partial charge on any atom is -0.399 e. The average molecular weight is 282 g/mol. The number of nitrogen functional groups attached to an aromatic ring is 1. The second kappa shape index (κ2) is 5.60. The van der Waals surface area contributed by atoms with Crippen molar-refractivity contribution in [3.63, 3.8) is 0 Å². The van der Waals surface area contributed by atoms with E-state index in [1.54, 1.807) is 18.2 Å². The Hall–Kier alpha value is -2.29. The predicted octanol–water partition coefficient (Wildman–Crippen LogP) is 4.13. The van der Waals surface area contributed by atoms with Gasteiger partial charge in [-0.2, -0.15) is 0 Å². The first kappa shape index (κ1) is 15.1. The molecule has 0 aliphatic heterocycles. The van der Waals surface area contributed by atoms with Gasteiger partial charge in [-0.3, -0.25) is 4.79 Å². The van der Waals surface area contributed by atoms with Gasteiger partial charge in [0, 0.05) is 16.9 Å². The summed E-state index contributed by atoms with van der Waals surface area (Å²) in [7, 11) is 0. The van der Waals surface area contributed by atoms with Gasteiger partial charge in [-0.15, -0.1) is 0 Å². The highest BCUT2D eigenvalue weighted by atomic mass is 16.1. The lowest BCUT2D eigenvalue weighted by Crippen LogP contribution is -2.14. The molecule has 0 radical (unpaired) electrons. The summed E-state index contributed by atoms with van der Waals surface area (Å²) in [6.07, 6.45) is 0. The van der Waals surface area contributed by atoms with Crippen molar-refractivity contribution in [3.8, 4) is 0 Å². The van der Waals surface area contributed by atoms with Gasteiger partial charge in [-0.05, 0) is 53.8 Å². The number of nitrogens with one attached hydrogen (secondary N) is 1. The van der Waals surface area contributed by atoms with Crippen LogP contribution in [0.5, 0.6) is 0 Å². The van der Waals surface area contributed by atoms with Crippen molar-refractivity contribution in [2.24, 2.45) is 0 Å². The van der Waals surface area contributed by atoms with Gasteiger partial charge >= 0.3 is 0 Å². The lowest BCUT2D eigenvalue weighted by molar-refractivity contribution is 0.102. The fraction of sp³-hybridized carbons (Fsp3) is 0.278. The Balaban J connectivity index is 2.16. The van der Waals surface area contributed by atoms with Crippen LogP contribution in [0.3, 0.4) is 0 Å². The molecule has 1 amide bonds. The van der Waals surface area contributed by atoms with E-state index in [1.807, 2.05) is 31.2 Å². The molecule has 0 bridgehead atoms. The van der Waals surface area contributed by atoms with E-state index in [9.17, 15) is 4.79 Å². The van der Waals surface area contributed by atoms with Gasteiger partial charge < -0.3 is 11.1 Å². The number of rotatable bonds is 2. The molecule has 0 heterocycles. The monoisotopic (exact) mass is 282 g/mol. The highest BCUT2D eigenvalue weighted by Crippen LogP contribution is 2.24. The van der Waals surface area contributed by atoms with Crippen molar-refractivity contribution in [1.29, 1.82) is 0 Å². The summed E-state index contributed by atoms with van der Waals surface area (Å²) in [6.45, 7) is 8.38. The Bertz CT molecular complexity index is 652. The van der Waals surface area contributed by atoms with Gasteiger partial charge in [0.2, 0.25) is 0 Å². The van der Waals surface area contributed by atoms with E-state index in [1.165, 1.54) is 5.56 Å². The second-order valence-electron chi connectivity index (χ2n) is 6.36. The van der Waals surface area contributed by atoms with Crippen LogP contribution in [-0.4, -0.2) is 5.91 Å². The third-order valence-corrected chi connectivity index (χ3v) is 3.50. The zero-order chi connectivity index (χ0) is 15.6. The van der Waals surface area contributed by atoms with Crippen molar-refractivity contribution in [3.05, 3.63) is 59.2 Å². The van der Waals surface area contributed by atoms with E-state index in [-0.39, 0.29) is 11.3 Å². The number of hydrogen-bond donors (Lipinski definition) is 2. The van der Waals surface area contributed by atoms with Gasteiger partial charge in [-0.1, -0.05) is 32.9 Å². The van der Waals surface area contributed by atoms with E-state index >= 15 is 0 Å². The molecule has 0 fully saturated rings. The van der Waals surface area contributed by atoms with Crippen molar-refractivity contribution < 1.29 is 4.79 Å². The normalized spacial score (nSPS) is 11.2. The van der Waals surface area contributed by atoms with Crippen LogP contribution in [0.25, 0.3) is 0 Å². The van der Waals surface area contributed by atoms with Crippen LogP contribution >= 0.6 is 0 Å². The topological polar surface area (TPSA) is 55.1 Å². The van der Waals surface area contributed by atoms with Gasteiger partial charge in [0.15, 0.2) is 0 Å². The van der Waals surface area contributed by atoms with Gasteiger partial charge in [0.25, 0.3) is 5.91 Å². The second-order valence-corrected chi connectivity index (χ2v) is 6.36. The van der Waals surface area contributed by atoms with Crippen LogP contribution in [0.4, 0.5) is 11.4 Å². The number of nitrogens with two attached hydrogens (primary N) is 1. The molecule has 0 atom stereocenters. The zero-order valence-electron chi connectivity index (χ0n) is 13.0. The molecule has 2 aromatic carbocycles. The first-order chi connectivity index (χ1) is 9.77. The zero-order valence-corrected chi connectivity index (χ0v) is 13.0. The molecule has 2 rings (SSSR count). The largest absolute Gasteiger partial charge is 0.399 e. The van der Waals surface area contributed by atoms with Gasteiger partial charge in [0.05, 0.1) is 0 Å². The van der Waals surface area contributed by atoms with Crippen LogP contribution in [-0.2, 0) is 5.41 Å². The van der Waals surface area contributed by atoms with Crippen LogP contribution in [0.15, 0.2) is 42.5 Å². The molecule has 21 heavy (non-hydrogen) atoms. The van der Waals surface area contributed by atoms with E-state index < -0.39 is 0 Å². The highest BCUT2D eigenvalue weighted by Gasteiger charge is 2.14. The summed E-state index contributed by atoms with van der Waals surface area (Å²) < 4.78 is 0. The molecule has 0 aliphatic carbocycles. The first-order valence-corrected chi connectivity index (χ1v) is 7.05. The number of carbonyl (C=O) groups excluding carboxylic acids is 1. The lowest BCUT2D eigenvalue weighted by atomic mass is 9.87. The van der Waals surface area contributed by atoms with Crippen molar-refractivity contribution in [2.45, 2.75) is 33.1 Å². The minimum absolute atomic E-state index is 0.107. The Morgan fingerprint density at radius 2 is 1.67 bits per heavy atom. The summed E-state index contributed by atoms with van der Waals surface area (Å²) in [4.78, 5) is 12.3. The predicted molar refractivity (Wildman–Crippen MR) is 88.7 cm³/mol. The third kappa shape index (κ3) is 3.63. The molecule has 3 heteroatoms. The van der Waals surface area contributed by atoms with E-state index in [0.717, 1.165) is 11.3 Å². The fourth-order valence-corrected chi connectivity index (χ4v) is 2.19. The molecule has 0 unspecified atom stereocenters. The highest BCUT2D eigenvalue weighted by molar-refractivity contribution is 6.05. The average Bonchev–Trinajstić information content (AvgIpc) is 2.38. The summed E-state index contributed by atoms with van der Waals surface area (Å²) in [5.41, 5.74) is 10.0. The minimum atomic E-state index is -0.115. The Morgan fingerprint density at radius 1 is 1.05 bits per heavy atom. The molecular formula is C18H22N2O. The maximum absolute atomic E-state index is 12.3. The quantitative estimate of drug-likeness (QED) is 0.814. The molecule has 2 aromatic rings. The number of aryl methyl sites for hydroxylation is 1. The van der Waals surface area contributed by atoms with Gasteiger partial charge in [0.1, 0.15) is 0 Å². The summed E-state index contributed by atoms with van der Waals surface area (Å²) >= 11 is 0. The molecule has 0 saturated carbocycles. The lowest BCUT2D eigenvalue weighted by Gasteiger charge is -2.19. The van der Waals surface area contributed by atoms with Crippen LogP contribution in [0.2, 0.25) is 0 Å². The Labute approximate surface area is 126 Å². The Morgan fingerprint density at radius 3 is 2.19 bits per heavy atom.